The summed E-state index contributed by atoms with van der Waals surface area (Å²) in [6.45, 7) is 4.95. The van der Waals surface area contributed by atoms with E-state index in [0.29, 0.717) is 19.4 Å². The lowest BCUT2D eigenvalue weighted by atomic mass is 9.96. The second kappa shape index (κ2) is 9.76. The molecule has 2 heterocycles. The smallest absolute Gasteiger partial charge is 0.246 e. The predicted molar refractivity (Wildman–Crippen MR) is 115 cm³/mol. The fourth-order valence-corrected chi connectivity index (χ4v) is 5.41. The molecular weight excluding hydrogens is 426 g/mol. The highest BCUT2D eigenvalue weighted by Crippen LogP contribution is 2.27. The quantitative estimate of drug-likeness (QED) is 0.651. The van der Waals surface area contributed by atoms with E-state index in [1.54, 1.807) is 6.07 Å². The number of halogens is 1. The minimum Gasteiger partial charge on any atom is -0.494 e. The summed E-state index contributed by atoms with van der Waals surface area (Å²) >= 11 is 5.96. The first-order valence-electron chi connectivity index (χ1n) is 9.96. The van der Waals surface area contributed by atoms with Crippen LogP contribution in [-0.2, 0) is 14.8 Å². The number of hydrogen-bond donors (Lipinski definition) is 1. The summed E-state index contributed by atoms with van der Waals surface area (Å²) in [5.41, 5.74) is 0.959. The zero-order chi connectivity index (χ0) is 21.7. The lowest BCUT2D eigenvalue weighted by molar-refractivity contribution is -0.126. The number of ether oxygens (including phenoxy) is 1. The summed E-state index contributed by atoms with van der Waals surface area (Å²) in [5, 5.41) is 2.99. The van der Waals surface area contributed by atoms with Crippen LogP contribution in [0.4, 0.5) is 0 Å². The van der Waals surface area contributed by atoms with Gasteiger partial charge < -0.3 is 10.1 Å². The maximum atomic E-state index is 12.8. The van der Waals surface area contributed by atoms with Crippen molar-refractivity contribution in [1.82, 2.24) is 14.6 Å². The lowest BCUT2D eigenvalue weighted by Crippen LogP contribution is -2.43. The lowest BCUT2D eigenvalue weighted by Gasteiger charge is -2.31. The van der Waals surface area contributed by atoms with Crippen molar-refractivity contribution in [3.63, 3.8) is 0 Å². The second-order valence-corrected chi connectivity index (χ2v) is 9.47. The van der Waals surface area contributed by atoms with E-state index in [0.717, 1.165) is 11.3 Å². The molecule has 7 nitrogen and oxygen atoms in total. The Morgan fingerprint density at radius 3 is 2.70 bits per heavy atom. The molecule has 1 saturated heterocycles. The van der Waals surface area contributed by atoms with Crippen molar-refractivity contribution >= 4 is 27.5 Å². The van der Waals surface area contributed by atoms with E-state index in [4.69, 9.17) is 16.3 Å². The van der Waals surface area contributed by atoms with Gasteiger partial charge in [-0.15, -0.1) is 0 Å². The van der Waals surface area contributed by atoms with Gasteiger partial charge in [-0.25, -0.2) is 13.4 Å². The van der Waals surface area contributed by atoms with Gasteiger partial charge in [-0.1, -0.05) is 23.7 Å². The van der Waals surface area contributed by atoms with E-state index in [1.165, 1.54) is 16.6 Å². The van der Waals surface area contributed by atoms with Gasteiger partial charge >= 0.3 is 0 Å². The van der Waals surface area contributed by atoms with Crippen molar-refractivity contribution in [3.8, 4) is 5.75 Å². The number of amides is 1. The number of sulfonamides is 1. The topological polar surface area (TPSA) is 88.6 Å². The van der Waals surface area contributed by atoms with E-state index in [1.807, 2.05) is 38.1 Å². The van der Waals surface area contributed by atoms with E-state index in [9.17, 15) is 13.2 Å². The molecule has 30 heavy (non-hydrogen) atoms. The molecule has 9 heteroatoms. The molecule has 0 saturated carbocycles. The number of benzene rings is 1. The number of hydrogen-bond acceptors (Lipinski definition) is 5. The SMILES string of the molecule is CCOc1cccc(C(C)NC(=O)C2CCN(S(=O)(=O)c3cccnc3Cl)CC2)c1. The van der Waals surface area contributed by atoms with Crippen LogP contribution >= 0.6 is 11.6 Å². The minimum atomic E-state index is -3.72. The second-order valence-electron chi connectivity index (χ2n) is 7.21. The first-order valence-corrected chi connectivity index (χ1v) is 11.8. The molecule has 1 aliphatic rings. The molecule has 1 fully saturated rings. The molecular formula is C21H26ClN3O4S. The molecule has 0 bridgehead atoms. The van der Waals surface area contributed by atoms with Gasteiger partial charge in [0.2, 0.25) is 15.9 Å². The van der Waals surface area contributed by atoms with Crippen LogP contribution in [0.25, 0.3) is 0 Å². The average molecular weight is 452 g/mol. The molecule has 0 radical (unpaired) electrons. The van der Waals surface area contributed by atoms with Gasteiger partial charge in [0.25, 0.3) is 0 Å². The normalized spacial score (nSPS) is 16.8. The molecule has 1 aromatic carbocycles. The number of carbonyl (C=O) groups is 1. The molecule has 1 amide bonds. The minimum absolute atomic E-state index is 0.00243. The monoisotopic (exact) mass is 451 g/mol. The number of nitrogens with zero attached hydrogens (tertiary/aromatic N) is 2. The van der Waals surface area contributed by atoms with Crippen LogP contribution < -0.4 is 10.1 Å². The Hall–Kier alpha value is -2.16. The van der Waals surface area contributed by atoms with Crippen molar-refractivity contribution in [3.05, 3.63) is 53.3 Å². The van der Waals surface area contributed by atoms with E-state index in [-0.39, 0.29) is 41.0 Å². The van der Waals surface area contributed by atoms with Crippen LogP contribution in [0.1, 0.15) is 38.3 Å². The van der Waals surface area contributed by atoms with Crippen LogP contribution in [-0.4, -0.2) is 43.3 Å². The third-order valence-electron chi connectivity index (χ3n) is 5.20. The zero-order valence-electron chi connectivity index (χ0n) is 17.0. The van der Waals surface area contributed by atoms with Crippen molar-refractivity contribution in [2.45, 2.75) is 37.6 Å². The van der Waals surface area contributed by atoms with Crippen LogP contribution in [0.3, 0.4) is 0 Å². The summed E-state index contributed by atoms with van der Waals surface area (Å²) < 4.78 is 32.5. The van der Waals surface area contributed by atoms with Gasteiger partial charge in [-0.05, 0) is 56.5 Å². The van der Waals surface area contributed by atoms with Crippen molar-refractivity contribution in [1.29, 1.82) is 0 Å². The molecule has 1 atom stereocenters. The van der Waals surface area contributed by atoms with Crippen LogP contribution in [0.2, 0.25) is 5.15 Å². The number of aromatic nitrogens is 1. The van der Waals surface area contributed by atoms with Crippen LogP contribution in [0.15, 0.2) is 47.5 Å². The molecule has 1 aromatic heterocycles. The molecule has 0 aliphatic carbocycles. The maximum Gasteiger partial charge on any atom is 0.246 e. The number of carbonyl (C=O) groups excluding carboxylic acids is 1. The Balaban J connectivity index is 1.59. The maximum absolute atomic E-state index is 12.8. The van der Waals surface area contributed by atoms with Crippen molar-refractivity contribution in [2.75, 3.05) is 19.7 Å². The van der Waals surface area contributed by atoms with Gasteiger partial charge in [0.15, 0.2) is 0 Å². The number of nitrogens with one attached hydrogen (secondary N) is 1. The summed E-state index contributed by atoms with van der Waals surface area (Å²) in [7, 11) is -3.72. The zero-order valence-corrected chi connectivity index (χ0v) is 18.6. The Kier molecular flexibility index (Phi) is 7.33. The molecule has 1 unspecified atom stereocenters. The fraction of sp³-hybridized carbons (Fsp3) is 0.429. The largest absolute Gasteiger partial charge is 0.494 e. The Morgan fingerprint density at radius 2 is 2.03 bits per heavy atom. The summed E-state index contributed by atoms with van der Waals surface area (Å²) in [5.74, 6) is 0.461. The van der Waals surface area contributed by atoms with Gasteiger partial charge in [0.05, 0.1) is 12.6 Å². The van der Waals surface area contributed by atoms with E-state index < -0.39 is 10.0 Å². The van der Waals surface area contributed by atoms with Crippen molar-refractivity contribution in [2.24, 2.45) is 5.92 Å². The Labute approximate surface area is 182 Å². The highest BCUT2D eigenvalue weighted by atomic mass is 35.5. The van der Waals surface area contributed by atoms with E-state index in [2.05, 4.69) is 10.3 Å². The standard InChI is InChI=1S/C21H26ClN3O4S/c1-3-29-18-7-4-6-17(14-18)15(2)24-21(26)16-9-12-25(13-10-16)30(27,28)19-8-5-11-23-20(19)22/h4-8,11,14-16H,3,9-10,12-13H2,1-2H3,(H,24,26). The molecule has 0 spiro atoms. The van der Waals surface area contributed by atoms with Crippen molar-refractivity contribution < 1.29 is 17.9 Å². The summed E-state index contributed by atoms with van der Waals surface area (Å²) in [6.07, 6.45) is 2.35. The summed E-state index contributed by atoms with van der Waals surface area (Å²) in [6, 6.07) is 10.5. The van der Waals surface area contributed by atoms with E-state index >= 15 is 0 Å². The molecule has 162 valence electrons. The molecule has 2 aromatic rings. The summed E-state index contributed by atoms with van der Waals surface area (Å²) in [4.78, 5) is 16.6. The average Bonchev–Trinajstić information content (AvgIpc) is 2.74. The van der Waals surface area contributed by atoms with Gasteiger partial charge in [0.1, 0.15) is 15.8 Å². The van der Waals surface area contributed by atoms with Crippen LogP contribution in [0, 0.1) is 5.92 Å². The Morgan fingerprint density at radius 1 is 1.30 bits per heavy atom. The highest BCUT2D eigenvalue weighted by molar-refractivity contribution is 7.89. The molecule has 3 rings (SSSR count). The van der Waals surface area contributed by atoms with Crippen LogP contribution in [0.5, 0.6) is 5.75 Å². The fourth-order valence-electron chi connectivity index (χ4n) is 3.52. The third-order valence-corrected chi connectivity index (χ3v) is 7.54. The molecule has 1 aliphatic heterocycles. The number of pyridine rings is 1. The predicted octanol–water partition coefficient (Wildman–Crippen LogP) is 3.41. The Bertz CT molecular complexity index is 991. The molecule has 1 N–H and O–H groups in total. The highest BCUT2D eigenvalue weighted by Gasteiger charge is 2.33. The van der Waals surface area contributed by atoms with Gasteiger partial charge in [0, 0.05) is 25.2 Å². The third kappa shape index (κ3) is 5.11. The van der Waals surface area contributed by atoms with Gasteiger partial charge in [-0.3, -0.25) is 4.79 Å². The first kappa shape index (κ1) is 22.5. The number of rotatable bonds is 7. The van der Waals surface area contributed by atoms with Gasteiger partial charge in [-0.2, -0.15) is 4.31 Å². The number of piperidine rings is 1. The first-order chi connectivity index (χ1) is 14.3.